The maximum Gasteiger partial charge on any atom is 0.233 e. The number of halogens is 1. The van der Waals surface area contributed by atoms with E-state index in [0.717, 1.165) is 0 Å². The van der Waals surface area contributed by atoms with Gasteiger partial charge in [-0.1, -0.05) is 0 Å². The highest BCUT2D eigenvalue weighted by atomic mass is 32.2. The lowest BCUT2D eigenvalue weighted by molar-refractivity contribution is -0.132. The summed E-state index contributed by atoms with van der Waals surface area (Å²) in [5.74, 6) is -0.0364. The van der Waals surface area contributed by atoms with Gasteiger partial charge < -0.3 is 15.4 Å². The number of hydrogen-bond acceptors (Lipinski definition) is 4. The van der Waals surface area contributed by atoms with Gasteiger partial charge in [0.2, 0.25) is 5.91 Å². The monoisotopic (exact) mass is 270 g/mol. The summed E-state index contributed by atoms with van der Waals surface area (Å²) in [7, 11) is 0. The standard InChI is InChI=1S/C12H15FN2O2S/c13-9-1-2-10(14)11(7-9)18-8-12(16)15-3-5-17-6-4-15/h1-2,7H,3-6,8,14H2. The van der Waals surface area contributed by atoms with Crippen LogP contribution in [0.2, 0.25) is 0 Å². The molecular weight excluding hydrogens is 255 g/mol. The molecule has 0 radical (unpaired) electrons. The number of benzene rings is 1. The van der Waals surface area contributed by atoms with Crippen molar-refractivity contribution in [3.63, 3.8) is 0 Å². The smallest absolute Gasteiger partial charge is 0.233 e. The van der Waals surface area contributed by atoms with Crippen LogP contribution in [-0.4, -0.2) is 42.9 Å². The molecule has 0 atom stereocenters. The molecule has 1 amide bonds. The maximum absolute atomic E-state index is 13.0. The van der Waals surface area contributed by atoms with Crippen LogP contribution >= 0.6 is 11.8 Å². The number of nitrogens with zero attached hydrogens (tertiary/aromatic N) is 1. The van der Waals surface area contributed by atoms with Crippen molar-refractivity contribution in [2.45, 2.75) is 4.90 Å². The minimum absolute atomic E-state index is 0.0342. The van der Waals surface area contributed by atoms with E-state index >= 15 is 0 Å². The van der Waals surface area contributed by atoms with Crippen LogP contribution in [0.15, 0.2) is 23.1 Å². The predicted molar refractivity (Wildman–Crippen MR) is 68.9 cm³/mol. The maximum atomic E-state index is 13.0. The normalized spacial score (nSPS) is 15.7. The molecule has 1 aromatic rings. The molecule has 1 saturated heterocycles. The number of hydrogen-bond donors (Lipinski definition) is 1. The average Bonchev–Trinajstić information content (AvgIpc) is 2.40. The number of carbonyl (C=O) groups is 1. The van der Waals surface area contributed by atoms with Crippen molar-refractivity contribution in [3.8, 4) is 0 Å². The van der Waals surface area contributed by atoms with Crippen molar-refractivity contribution < 1.29 is 13.9 Å². The lowest BCUT2D eigenvalue weighted by Crippen LogP contribution is -2.41. The lowest BCUT2D eigenvalue weighted by Gasteiger charge is -2.26. The van der Waals surface area contributed by atoms with Gasteiger partial charge in [0, 0.05) is 23.7 Å². The second kappa shape index (κ2) is 6.06. The summed E-state index contributed by atoms with van der Waals surface area (Å²) >= 11 is 1.27. The molecule has 1 aromatic carbocycles. The van der Waals surface area contributed by atoms with Crippen LogP contribution in [0.3, 0.4) is 0 Å². The molecule has 1 aliphatic heterocycles. The highest BCUT2D eigenvalue weighted by molar-refractivity contribution is 8.00. The van der Waals surface area contributed by atoms with Gasteiger partial charge >= 0.3 is 0 Å². The van der Waals surface area contributed by atoms with Gasteiger partial charge in [0.15, 0.2) is 0 Å². The Morgan fingerprint density at radius 3 is 2.89 bits per heavy atom. The van der Waals surface area contributed by atoms with E-state index < -0.39 is 0 Å². The summed E-state index contributed by atoms with van der Waals surface area (Å²) in [6.45, 7) is 2.41. The van der Waals surface area contributed by atoms with Gasteiger partial charge in [-0.25, -0.2) is 4.39 Å². The molecule has 0 bridgehead atoms. The largest absolute Gasteiger partial charge is 0.398 e. The Morgan fingerprint density at radius 2 is 2.17 bits per heavy atom. The van der Waals surface area contributed by atoms with E-state index in [2.05, 4.69) is 0 Å². The minimum atomic E-state index is -0.342. The Kier molecular flexibility index (Phi) is 4.43. The van der Waals surface area contributed by atoms with E-state index in [1.54, 1.807) is 4.90 Å². The van der Waals surface area contributed by atoms with Gasteiger partial charge in [0.05, 0.1) is 19.0 Å². The number of ether oxygens (including phenoxy) is 1. The number of morpholine rings is 1. The first-order valence-electron chi connectivity index (χ1n) is 5.70. The average molecular weight is 270 g/mol. The van der Waals surface area contributed by atoms with Crippen LogP contribution in [-0.2, 0) is 9.53 Å². The molecule has 1 heterocycles. The summed E-state index contributed by atoms with van der Waals surface area (Å²) in [6, 6.07) is 4.17. The van der Waals surface area contributed by atoms with E-state index in [-0.39, 0.29) is 17.5 Å². The number of nitrogens with two attached hydrogens (primary N) is 1. The Morgan fingerprint density at radius 1 is 1.44 bits per heavy atom. The molecular formula is C12H15FN2O2S. The molecule has 2 N–H and O–H groups in total. The summed E-state index contributed by atoms with van der Waals surface area (Å²) in [5, 5.41) is 0. The van der Waals surface area contributed by atoms with Crippen molar-refractivity contribution in [1.29, 1.82) is 0 Å². The van der Waals surface area contributed by atoms with Gasteiger partial charge in [0.1, 0.15) is 5.82 Å². The molecule has 0 saturated carbocycles. The zero-order valence-electron chi connectivity index (χ0n) is 9.89. The summed E-state index contributed by atoms with van der Waals surface area (Å²) in [5.41, 5.74) is 6.22. The first kappa shape index (κ1) is 13.2. The number of nitrogen functional groups attached to an aromatic ring is 1. The van der Waals surface area contributed by atoms with E-state index in [1.165, 1.54) is 30.0 Å². The van der Waals surface area contributed by atoms with Crippen molar-refractivity contribution in [2.75, 3.05) is 37.8 Å². The molecule has 1 aliphatic rings. The number of carbonyl (C=O) groups excluding carboxylic acids is 1. The highest BCUT2D eigenvalue weighted by Crippen LogP contribution is 2.26. The molecule has 4 nitrogen and oxygen atoms in total. The van der Waals surface area contributed by atoms with Crippen LogP contribution in [0.25, 0.3) is 0 Å². The molecule has 98 valence electrons. The first-order chi connectivity index (χ1) is 8.66. The van der Waals surface area contributed by atoms with Crippen molar-refractivity contribution in [2.24, 2.45) is 0 Å². The van der Waals surface area contributed by atoms with Crippen LogP contribution < -0.4 is 5.73 Å². The highest BCUT2D eigenvalue weighted by Gasteiger charge is 2.17. The predicted octanol–water partition coefficient (Wildman–Crippen LogP) is 1.36. The molecule has 0 aromatic heterocycles. The van der Waals surface area contributed by atoms with Crippen LogP contribution in [0.5, 0.6) is 0 Å². The Bertz CT molecular complexity index is 436. The topological polar surface area (TPSA) is 55.6 Å². The molecule has 6 heteroatoms. The van der Waals surface area contributed by atoms with Crippen molar-refractivity contribution in [3.05, 3.63) is 24.0 Å². The molecule has 0 unspecified atom stereocenters. The third-order valence-corrected chi connectivity index (χ3v) is 3.75. The second-order valence-electron chi connectivity index (χ2n) is 3.96. The fourth-order valence-corrected chi connectivity index (χ4v) is 2.57. The Balaban J connectivity index is 1.90. The van der Waals surface area contributed by atoms with Crippen molar-refractivity contribution >= 4 is 23.4 Å². The van der Waals surface area contributed by atoms with E-state index in [4.69, 9.17) is 10.5 Å². The minimum Gasteiger partial charge on any atom is -0.398 e. The summed E-state index contributed by atoms with van der Waals surface area (Å²) in [4.78, 5) is 14.2. The summed E-state index contributed by atoms with van der Waals surface area (Å²) < 4.78 is 18.2. The number of amides is 1. The zero-order chi connectivity index (χ0) is 13.0. The molecule has 0 spiro atoms. The van der Waals surface area contributed by atoms with Gasteiger partial charge in [-0.2, -0.15) is 0 Å². The molecule has 2 rings (SSSR count). The zero-order valence-corrected chi connectivity index (χ0v) is 10.7. The second-order valence-corrected chi connectivity index (χ2v) is 4.98. The van der Waals surface area contributed by atoms with Gasteiger partial charge in [-0.15, -0.1) is 11.8 Å². The Labute approximate surface area is 109 Å². The number of anilines is 1. The fraction of sp³-hybridized carbons (Fsp3) is 0.417. The molecule has 1 fully saturated rings. The van der Waals surface area contributed by atoms with E-state index in [1.807, 2.05) is 0 Å². The third-order valence-electron chi connectivity index (χ3n) is 2.69. The number of thioether (sulfide) groups is 1. The molecule has 18 heavy (non-hydrogen) atoms. The first-order valence-corrected chi connectivity index (χ1v) is 6.69. The third kappa shape index (κ3) is 3.36. The van der Waals surface area contributed by atoms with Gasteiger partial charge in [-0.3, -0.25) is 4.79 Å². The van der Waals surface area contributed by atoms with Gasteiger partial charge in [0.25, 0.3) is 0 Å². The summed E-state index contributed by atoms with van der Waals surface area (Å²) in [6.07, 6.45) is 0. The molecule has 0 aliphatic carbocycles. The van der Waals surface area contributed by atoms with Crippen molar-refractivity contribution in [1.82, 2.24) is 4.90 Å². The Hall–Kier alpha value is -1.27. The van der Waals surface area contributed by atoms with E-state index in [0.29, 0.717) is 36.9 Å². The van der Waals surface area contributed by atoms with Crippen LogP contribution in [0, 0.1) is 5.82 Å². The fourth-order valence-electron chi connectivity index (χ4n) is 1.68. The van der Waals surface area contributed by atoms with Crippen LogP contribution in [0.4, 0.5) is 10.1 Å². The quantitative estimate of drug-likeness (QED) is 0.665. The number of rotatable bonds is 3. The SMILES string of the molecule is Nc1ccc(F)cc1SCC(=O)N1CCOCC1. The lowest BCUT2D eigenvalue weighted by atomic mass is 10.3. The van der Waals surface area contributed by atoms with Gasteiger partial charge in [-0.05, 0) is 18.2 Å². The van der Waals surface area contributed by atoms with Crippen LogP contribution in [0.1, 0.15) is 0 Å². The van der Waals surface area contributed by atoms with E-state index in [9.17, 15) is 9.18 Å².